The first-order valence-electron chi connectivity index (χ1n) is 9.46. The average Bonchev–Trinajstić information content (AvgIpc) is 2.92. The molecule has 5 nitrogen and oxygen atoms in total. The minimum atomic E-state index is 0.221. The van der Waals surface area contributed by atoms with E-state index in [-0.39, 0.29) is 5.91 Å². The van der Waals surface area contributed by atoms with Crippen molar-refractivity contribution in [1.29, 1.82) is 0 Å². The van der Waals surface area contributed by atoms with Gasteiger partial charge in [0.15, 0.2) is 0 Å². The number of likely N-dealkylation sites (N-methyl/N-ethyl adjacent to an activating group) is 2. The Morgan fingerprint density at radius 1 is 1.27 bits per heavy atom. The van der Waals surface area contributed by atoms with E-state index in [1.54, 1.807) is 0 Å². The van der Waals surface area contributed by atoms with Gasteiger partial charge in [0.1, 0.15) is 0 Å². The minimum absolute atomic E-state index is 0.221. The lowest BCUT2D eigenvalue weighted by Gasteiger charge is -2.36. The predicted octanol–water partition coefficient (Wildman–Crippen LogP) is 2.80. The summed E-state index contributed by atoms with van der Waals surface area (Å²) in [6.07, 6.45) is 2.41. The van der Waals surface area contributed by atoms with Crippen molar-refractivity contribution in [2.75, 3.05) is 20.6 Å². The Morgan fingerprint density at radius 2 is 2.00 bits per heavy atom. The minimum Gasteiger partial charge on any atom is -0.344 e. The van der Waals surface area contributed by atoms with E-state index in [9.17, 15) is 4.79 Å². The van der Waals surface area contributed by atoms with Crippen LogP contribution in [0, 0.1) is 13.8 Å². The molecule has 3 rings (SSSR count). The molecule has 0 saturated heterocycles. The van der Waals surface area contributed by atoms with Crippen molar-refractivity contribution in [3.8, 4) is 0 Å². The summed E-state index contributed by atoms with van der Waals surface area (Å²) in [5.74, 6) is 0.221. The van der Waals surface area contributed by atoms with Crippen LogP contribution >= 0.6 is 0 Å². The number of fused-ring (bicyclic) bond motifs is 1. The highest BCUT2D eigenvalue weighted by Gasteiger charge is 2.25. The highest BCUT2D eigenvalue weighted by atomic mass is 16.2. The van der Waals surface area contributed by atoms with E-state index in [0.29, 0.717) is 12.5 Å². The molecule has 0 radical (unpaired) electrons. The van der Waals surface area contributed by atoms with E-state index < -0.39 is 0 Å². The highest BCUT2D eigenvalue weighted by molar-refractivity contribution is 5.75. The number of carbonyl (C=O) groups excluding carboxylic acids is 1. The molecule has 1 aromatic carbocycles. The summed E-state index contributed by atoms with van der Waals surface area (Å²) in [6, 6.07) is 11.1. The second-order valence-corrected chi connectivity index (χ2v) is 7.57. The standard InChI is InChI=1S/C21H30N4O/c1-16-12-17(2)25(22-16)11-7-10-21(26)24(4)15-20-13-18-8-5-6-9-19(18)14-23(20)3/h5-6,8-9,12,20H,7,10-11,13-15H2,1-4H3/t20-/m1/s1. The second kappa shape index (κ2) is 8.04. The molecule has 0 fully saturated rings. The number of aryl methyl sites for hydroxylation is 3. The first kappa shape index (κ1) is 18.6. The Kier molecular flexibility index (Phi) is 5.77. The van der Waals surface area contributed by atoms with Crippen LogP contribution in [0.5, 0.6) is 0 Å². The average molecular weight is 354 g/mol. The van der Waals surface area contributed by atoms with Crippen LogP contribution in [-0.2, 0) is 24.3 Å². The van der Waals surface area contributed by atoms with Gasteiger partial charge >= 0.3 is 0 Å². The molecule has 140 valence electrons. The molecule has 2 heterocycles. The molecule has 26 heavy (non-hydrogen) atoms. The summed E-state index contributed by atoms with van der Waals surface area (Å²) in [5, 5.41) is 4.46. The molecule has 1 atom stereocenters. The third-order valence-electron chi connectivity index (χ3n) is 5.39. The lowest BCUT2D eigenvalue weighted by molar-refractivity contribution is -0.130. The molecular weight excluding hydrogens is 324 g/mol. The fraction of sp³-hybridized carbons (Fsp3) is 0.524. The number of hydrogen-bond donors (Lipinski definition) is 0. The summed E-state index contributed by atoms with van der Waals surface area (Å²) in [5.41, 5.74) is 5.02. The molecular formula is C21H30N4O. The van der Waals surface area contributed by atoms with Gasteiger partial charge in [0.2, 0.25) is 5.91 Å². The summed E-state index contributed by atoms with van der Waals surface area (Å²) >= 11 is 0. The van der Waals surface area contributed by atoms with Crippen LogP contribution in [-0.4, -0.2) is 52.2 Å². The van der Waals surface area contributed by atoms with E-state index in [1.165, 1.54) is 11.1 Å². The van der Waals surface area contributed by atoms with E-state index in [4.69, 9.17) is 0 Å². The van der Waals surface area contributed by atoms with E-state index in [0.717, 1.165) is 43.9 Å². The van der Waals surface area contributed by atoms with Crippen LogP contribution in [0.25, 0.3) is 0 Å². The molecule has 2 aromatic rings. The summed E-state index contributed by atoms with van der Waals surface area (Å²) < 4.78 is 1.99. The molecule has 1 aromatic heterocycles. The maximum absolute atomic E-state index is 12.5. The van der Waals surface area contributed by atoms with E-state index >= 15 is 0 Å². The molecule has 1 aliphatic heterocycles. The van der Waals surface area contributed by atoms with Crippen molar-refractivity contribution >= 4 is 5.91 Å². The summed E-state index contributed by atoms with van der Waals surface area (Å²) in [4.78, 5) is 16.8. The van der Waals surface area contributed by atoms with Gasteiger partial charge in [0, 0.05) is 44.8 Å². The zero-order chi connectivity index (χ0) is 18.7. The van der Waals surface area contributed by atoms with E-state index in [2.05, 4.69) is 54.3 Å². The number of aromatic nitrogens is 2. The fourth-order valence-corrected chi connectivity index (χ4v) is 3.81. The van der Waals surface area contributed by atoms with Crippen molar-refractivity contribution in [3.05, 3.63) is 52.8 Å². The van der Waals surface area contributed by atoms with Gasteiger partial charge in [-0.15, -0.1) is 0 Å². The third-order valence-corrected chi connectivity index (χ3v) is 5.39. The Balaban J connectivity index is 1.49. The molecule has 0 aliphatic carbocycles. The maximum atomic E-state index is 12.5. The van der Waals surface area contributed by atoms with Crippen LogP contribution in [0.2, 0.25) is 0 Å². The van der Waals surface area contributed by atoms with Crippen molar-refractivity contribution < 1.29 is 4.79 Å². The molecule has 0 N–H and O–H groups in total. The quantitative estimate of drug-likeness (QED) is 0.801. The first-order valence-corrected chi connectivity index (χ1v) is 9.46. The normalized spacial score (nSPS) is 17.2. The van der Waals surface area contributed by atoms with Crippen LogP contribution < -0.4 is 0 Å². The summed E-state index contributed by atoms with van der Waals surface area (Å²) in [6.45, 7) is 6.60. The van der Waals surface area contributed by atoms with Crippen LogP contribution in [0.1, 0.15) is 35.4 Å². The number of rotatable bonds is 6. The zero-order valence-corrected chi connectivity index (χ0v) is 16.4. The first-order chi connectivity index (χ1) is 12.4. The van der Waals surface area contributed by atoms with Gasteiger partial charge in [-0.05, 0) is 50.9 Å². The SMILES string of the molecule is Cc1cc(C)n(CCCC(=O)N(C)C[C@H]2Cc3ccccc3CN2C)n1. The smallest absolute Gasteiger partial charge is 0.222 e. The second-order valence-electron chi connectivity index (χ2n) is 7.57. The third kappa shape index (κ3) is 4.33. The number of hydrogen-bond acceptors (Lipinski definition) is 3. The Hall–Kier alpha value is -2.14. The Labute approximate surface area is 156 Å². The highest BCUT2D eigenvalue weighted by Crippen LogP contribution is 2.22. The van der Waals surface area contributed by atoms with Crippen LogP contribution in [0.15, 0.2) is 30.3 Å². The Morgan fingerprint density at radius 3 is 2.69 bits per heavy atom. The molecule has 1 amide bonds. The van der Waals surface area contributed by atoms with Gasteiger partial charge in [-0.25, -0.2) is 0 Å². The van der Waals surface area contributed by atoms with Gasteiger partial charge in [-0.3, -0.25) is 14.4 Å². The predicted molar refractivity (Wildman–Crippen MR) is 104 cm³/mol. The van der Waals surface area contributed by atoms with Crippen molar-refractivity contribution in [2.24, 2.45) is 0 Å². The van der Waals surface area contributed by atoms with Gasteiger partial charge in [-0.1, -0.05) is 24.3 Å². The fourth-order valence-electron chi connectivity index (χ4n) is 3.81. The topological polar surface area (TPSA) is 41.4 Å². The maximum Gasteiger partial charge on any atom is 0.222 e. The zero-order valence-electron chi connectivity index (χ0n) is 16.4. The monoisotopic (exact) mass is 354 g/mol. The van der Waals surface area contributed by atoms with Crippen molar-refractivity contribution in [2.45, 2.75) is 52.2 Å². The molecule has 5 heteroatoms. The van der Waals surface area contributed by atoms with E-state index in [1.807, 2.05) is 23.6 Å². The number of benzene rings is 1. The molecule has 0 spiro atoms. The van der Waals surface area contributed by atoms with Gasteiger partial charge in [0.25, 0.3) is 0 Å². The Bertz CT molecular complexity index is 767. The number of amides is 1. The molecule has 0 bridgehead atoms. The van der Waals surface area contributed by atoms with Crippen molar-refractivity contribution in [3.63, 3.8) is 0 Å². The lowest BCUT2D eigenvalue weighted by Crippen LogP contribution is -2.46. The largest absolute Gasteiger partial charge is 0.344 e. The van der Waals surface area contributed by atoms with Crippen molar-refractivity contribution in [1.82, 2.24) is 19.6 Å². The number of nitrogens with zero attached hydrogens (tertiary/aromatic N) is 4. The lowest BCUT2D eigenvalue weighted by atomic mass is 9.94. The van der Waals surface area contributed by atoms with Gasteiger partial charge in [-0.2, -0.15) is 5.10 Å². The number of carbonyl (C=O) groups is 1. The molecule has 1 aliphatic rings. The van der Waals surface area contributed by atoms with Crippen LogP contribution in [0.3, 0.4) is 0 Å². The van der Waals surface area contributed by atoms with Crippen LogP contribution in [0.4, 0.5) is 0 Å². The van der Waals surface area contributed by atoms with Gasteiger partial charge in [0.05, 0.1) is 5.69 Å². The molecule has 0 saturated carbocycles. The molecule has 0 unspecified atom stereocenters. The van der Waals surface area contributed by atoms with Gasteiger partial charge < -0.3 is 4.90 Å². The summed E-state index contributed by atoms with van der Waals surface area (Å²) in [7, 11) is 4.09.